The van der Waals surface area contributed by atoms with Crippen molar-refractivity contribution in [1.29, 1.82) is 0 Å². The molecule has 1 aliphatic rings. The van der Waals surface area contributed by atoms with E-state index in [1.807, 2.05) is 24.3 Å². The minimum atomic E-state index is -0.252. The van der Waals surface area contributed by atoms with Gasteiger partial charge >= 0.3 is 0 Å². The van der Waals surface area contributed by atoms with E-state index in [9.17, 15) is 9.59 Å². The van der Waals surface area contributed by atoms with E-state index < -0.39 is 0 Å². The topological polar surface area (TPSA) is 84.0 Å². The summed E-state index contributed by atoms with van der Waals surface area (Å²) in [7, 11) is 0. The number of rotatable bonds is 6. The third-order valence-electron chi connectivity index (χ3n) is 5.43. The third-order valence-corrected chi connectivity index (χ3v) is 6.54. The molecule has 0 unspecified atom stereocenters. The fraction of sp³-hybridized carbons (Fsp3) is 0.111. The van der Waals surface area contributed by atoms with Gasteiger partial charge in [-0.2, -0.15) is 5.10 Å². The lowest BCUT2D eigenvalue weighted by molar-refractivity contribution is -0.114. The maximum Gasteiger partial charge on any atom is 0.258 e. The van der Waals surface area contributed by atoms with E-state index >= 15 is 0 Å². The molecule has 0 saturated heterocycles. The first-order chi connectivity index (χ1) is 16.5. The molecule has 6 nitrogen and oxygen atoms in total. The lowest BCUT2D eigenvalue weighted by Crippen LogP contribution is -2.12. The lowest BCUT2D eigenvalue weighted by atomic mass is 9.97. The maximum absolute atomic E-state index is 12.7. The van der Waals surface area contributed by atoms with Crippen LogP contribution in [-0.2, 0) is 4.79 Å². The number of anilines is 1. The summed E-state index contributed by atoms with van der Waals surface area (Å²) < 4.78 is 5.04. The molecule has 2 heterocycles. The number of hydrogen-bond donors (Lipinski definition) is 1. The molecule has 0 atom stereocenters. The minimum absolute atomic E-state index is 0.101. The molecule has 1 aromatic heterocycles. The molecule has 0 fully saturated rings. The summed E-state index contributed by atoms with van der Waals surface area (Å²) in [5, 5.41) is 14.7. The Kier molecular flexibility index (Phi) is 6.10. The van der Waals surface area contributed by atoms with Crippen molar-refractivity contribution in [2.45, 2.75) is 13.3 Å². The second-order valence-corrected chi connectivity index (χ2v) is 9.08. The standard InChI is InChI=1S/C27H21N3O3S/c1-17(31)16-34-26-14-25(29-30-26)23-11-22(20-7-6-18-4-2-3-5-19(18)10-20)12-24(13-23)28-27(32)21-8-9-33-15-21/h2-13,15H,14,16H2,1H3,(H,28,32). The van der Waals surface area contributed by atoms with E-state index in [-0.39, 0.29) is 11.7 Å². The number of nitrogens with one attached hydrogen (secondary N) is 1. The van der Waals surface area contributed by atoms with Crippen molar-refractivity contribution >= 4 is 50.7 Å². The molecule has 5 rings (SSSR count). The van der Waals surface area contributed by atoms with Gasteiger partial charge in [-0.25, -0.2) is 0 Å². The summed E-state index contributed by atoms with van der Waals surface area (Å²) in [6, 6.07) is 22.0. The van der Waals surface area contributed by atoms with Crippen LogP contribution in [-0.4, -0.2) is 28.2 Å². The first kappa shape index (κ1) is 21.9. The highest BCUT2D eigenvalue weighted by Crippen LogP contribution is 2.30. The largest absolute Gasteiger partial charge is 0.472 e. The van der Waals surface area contributed by atoms with Gasteiger partial charge in [0, 0.05) is 17.7 Å². The fourth-order valence-corrected chi connectivity index (χ4v) is 4.46. The molecule has 3 aromatic carbocycles. The Labute approximate surface area is 200 Å². The van der Waals surface area contributed by atoms with Gasteiger partial charge in [0.25, 0.3) is 5.91 Å². The van der Waals surface area contributed by atoms with Crippen LogP contribution in [0.15, 0.2) is 93.9 Å². The van der Waals surface area contributed by atoms with Crippen LogP contribution in [0, 0.1) is 0 Å². The van der Waals surface area contributed by atoms with Crippen LogP contribution < -0.4 is 5.32 Å². The number of furan rings is 1. The minimum Gasteiger partial charge on any atom is -0.472 e. The fourth-order valence-electron chi connectivity index (χ4n) is 3.75. The molecule has 34 heavy (non-hydrogen) atoms. The number of nitrogens with zero attached hydrogens (tertiary/aromatic N) is 2. The van der Waals surface area contributed by atoms with E-state index in [0.717, 1.165) is 38.2 Å². The normalized spacial score (nSPS) is 13.0. The zero-order chi connectivity index (χ0) is 23.5. The Morgan fingerprint density at radius 1 is 0.941 bits per heavy atom. The van der Waals surface area contributed by atoms with Crippen LogP contribution in [0.3, 0.4) is 0 Å². The van der Waals surface area contributed by atoms with Gasteiger partial charge in [0.1, 0.15) is 17.1 Å². The van der Waals surface area contributed by atoms with Gasteiger partial charge in [-0.05, 0) is 59.2 Å². The molecule has 7 heteroatoms. The molecule has 4 aromatic rings. The zero-order valence-corrected chi connectivity index (χ0v) is 19.3. The third kappa shape index (κ3) is 4.84. The number of amides is 1. The quantitative estimate of drug-likeness (QED) is 0.367. The number of fused-ring (bicyclic) bond motifs is 1. The van der Waals surface area contributed by atoms with Crippen LogP contribution in [0.4, 0.5) is 5.69 Å². The van der Waals surface area contributed by atoms with Gasteiger partial charge in [0.15, 0.2) is 0 Å². The average Bonchev–Trinajstić information content (AvgIpc) is 3.55. The second kappa shape index (κ2) is 9.49. The zero-order valence-electron chi connectivity index (χ0n) is 18.4. The lowest BCUT2D eigenvalue weighted by Gasteiger charge is -2.12. The summed E-state index contributed by atoms with van der Waals surface area (Å²) in [5.41, 5.74) is 4.76. The number of ketones is 1. The molecule has 168 valence electrons. The van der Waals surface area contributed by atoms with Crippen LogP contribution in [0.5, 0.6) is 0 Å². The van der Waals surface area contributed by atoms with Gasteiger partial charge < -0.3 is 9.73 Å². The van der Waals surface area contributed by atoms with Crippen molar-refractivity contribution < 1.29 is 14.0 Å². The van der Waals surface area contributed by atoms with E-state index in [1.165, 1.54) is 24.3 Å². The predicted molar refractivity (Wildman–Crippen MR) is 138 cm³/mol. The monoisotopic (exact) mass is 467 g/mol. The highest BCUT2D eigenvalue weighted by Gasteiger charge is 2.18. The van der Waals surface area contributed by atoms with Gasteiger partial charge in [-0.1, -0.05) is 36.4 Å². The van der Waals surface area contributed by atoms with Gasteiger partial charge in [0.05, 0.1) is 23.3 Å². The van der Waals surface area contributed by atoms with E-state index in [1.54, 1.807) is 13.0 Å². The van der Waals surface area contributed by atoms with Gasteiger partial charge in [-0.15, -0.1) is 16.9 Å². The van der Waals surface area contributed by atoms with Crippen molar-refractivity contribution in [2.24, 2.45) is 10.2 Å². The Bertz CT molecular complexity index is 1460. The molecule has 1 N–H and O–H groups in total. The number of benzene rings is 3. The van der Waals surface area contributed by atoms with Crippen molar-refractivity contribution in [3.63, 3.8) is 0 Å². The summed E-state index contributed by atoms with van der Waals surface area (Å²) >= 11 is 1.41. The summed E-state index contributed by atoms with van der Waals surface area (Å²) in [5.74, 6) is 0.228. The molecule has 0 bridgehead atoms. The van der Waals surface area contributed by atoms with Crippen molar-refractivity contribution in [3.05, 3.63) is 90.4 Å². The van der Waals surface area contributed by atoms with Crippen LogP contribution in [0.25, 0.3) is 21.9 Å². The van der Waals surface area contributed by atoms with Crippen molar-refractivity contribution in [2.75, 3.05) is 11.1 Å². The number of carbonyl (C=O) groups is 2. The maximum atomic E-state index is 12.7. The molecular formula is C27H21N3O3S. The summed E-state index contributed by atoms with van der Waals surface area (Å²) in [6.45, 7) is 1.56. The van der Waals surface area contributed by atoms with Crippen molar-refractivity contribution in [3.8, 4) is 11.1 Å². The van der Waals surface area contributed by atoms with Crippen LogP contribution >= 0.6 is 11.8 Å². The molecule has 0 aliphatic carbocycles. The molecule has 0 spiro atoms. The number of Topliss-reactive ketones (excluding diaryl/α,β-unsaturated/α-hetero) is 1. The second-order valence-electron chi connectivity index (χ2n) is 8.04. The van der Waals surface area contributed by atoms with E-state index in [2.05, 4.69) is 51.9 Å². The molecule has 1 aliphatic heterocycles. The highest BCUT2D eigenvalue weighted by molar-refractivity contribution is 8.14. The smallest absolute Gasteiger partial charge is 0.258 e. The van der Waals surface area contributed by atoms with Crippen molar-refractivity contribution in [1.82, 2.24) is 0 Å². The average molecular weight is 468 g/mol. The first-order valence-electron chi connectivity index (χ1n) is 10.8. The Hall–Kier alpha value is -3.97. The molecule has 0 saturated carbocycles. The van der Waals surface area contributed by atoms with Gasteiger partial charge in [0.2, 0.25) is 0 Å². The van der Waals surface area contributed by atoms with E-state index in [4.69, 9.17) is 4.42 Å². The number of thioether (sulfide) groups is 1. The molecular weight excluding hydrogens is 446 g/mol. The molecule has 0 radical (unpaired) electrons. The number of carbonyl (C=O) groups excluding carboxylic acids is 2. The SMILES string of the molecule is CC(=O)CSC1=NN=C(c2cc(NC(=O)c3ccoc3)cc(-c3ccc4ccccc4c3)c2)C1. The number of hydrogen-bond acceptors (Lipinski definition) is 6. The first-order valence-corrected chi connectivity index (χ1v) is 11.8. The Balaban J connectivity index is 1.49. The predicted octanol–water partition coefficient (Wildman–Crippen LogP) is 6.18. The van der Waals surface area contributed by atoms with Crippen LogP contribution in [0.1, 0.15) is 29.3 Å². The van der Waals surface area contributed by atoms with Crippen LogP contribution in [0.2, 0.25) is 0 Å². The Morgan fingerprint density at radius 2 is 1.76 bits per heavy atom. The Morgan fingerprint density at radius 3 is 2.56 bits per heavy atom. The van der Waals surface area contributed by atoms with E-state index in [0.29, 0.717) is 23.4 Å². The highest BCUT2D eigenvalue weighted by atomic mass is 32.2. The summed E-state index contributed by atoms with van der Waals surface area (Å²) in [4.78, 5) is 24.0. The summed E-state index contributed by atoms with van der Waals surface area (Å²) in [6.07, 6.45) is 3.43. The molecule has 1 amide bonds. The van der Waals surface area contributed by atoms with Gasteiger partial charge in [-0.3, -0.25) is 9.59 Å².